The molecule has 4 saturated carbocycles. The van der Waals surface area contributed by atoms with Gasteiger partial charge in [-0.25, -0.2) is 0 Å². The molecule has 7 rings (SSSR count). The van der Waals surface area contributed by atoms with E-state index in [0.717, 1.165) is 34.3 Å². The van der Waals surface area contributed by atoms with E-state index in [2.05, 4.69) is 54.6 Å². The van der Waals surface area contributed by atoms with Crippen molar-refractivity contribution >= 4 is 10.8 Å². The lowest BCUT2D eigenvalue weighted by Crippen LogP contribution is -2.48. The van der Waals surface area contributed by atoms with Crippen LogP contribution in [-0.4, -0.2) is 32.2 Å². The van der Waals surface area contributed by atoms with E-state index < -0.39 is 0 Å². The molecule has 0 unspecified atom stereocenters. The predicted molar refractivity (Wildman–Crippen MR) is 134 cm³/mol. The molecule has 4 nitrogen and oxygen atoms in total. The molecule has 4 aliphatic rings. The zero-order chi connectivity index (χ0) is 23.1. The van der Waals surface area contributed by atoms with E-state index in [1.807, 2.05) is 0 Å². The second-order valence-electron chi connectivity index (χ2n) is 10.8. The summed E-state index contributed by atoms with van der Waals surface area (Å²) in [6.45, 7) is 1.07. The van der Waals surface area contributed by atoms with Crippen molar-refractivity contribution in [3.05, 3.63) is 60.2 Å². The number of hydrogen-bond acceptors (Lipinski definition) is 4. The van der Waals surface area contributed by atoms with Crippen molar-refractivity contribution in [1.82, 2.24) is 0 Å². The van der Waals surface area contributed by atoms with E-state index in [0.29, 0.717) is 19.0 Å². The summed E-state index contributed by atoms with van der Waals surface area (Å²) in [6, 6.07) is 19.1. The lowest BCUT2D eigenvalue weighted by atomic mass is 9.48. The molecule has 3 aromatic rings. The molecule has 0 saturated heterocycles. The van der Waals surface area contributed by atoms with Crippen LogP contribution in [0.3, 0.4) is 0 Å². The van der Waals surface area contributed by atoms with Gasteiger partial charge in [0.05, 0.1) is 13.2 Å². The van der Waals surface area contributed by atoms with Gasteiger partial charge in [0.1, 0.15) is 0 Å². The minimum atomic E-state index is 0.0935. The number of benzene rings is 3. The van der Waals surface area contributed by atoms with Crippen molar-refractivity contribution < 1.29 is 19.3 Å². The van der Waals surface area contributed by atoms with Gasteiger partial charge < -0.3 is 19.3 Å². The molecule has 34 heavy (non-hydrogen) atoms. The highest BCUT2D eigenvalue weighted by molar-refractivity contribution is 5.98. The molecule has 4 fully saturated rings. The van der Waals surface area contributed by atoms with E-state index in [1.165, 1.54) is 49.5 Å². The Hall–Kier alpha value is -2.56. The average Bonchev–Trinajstić information content (AvgIpc) is 2.84. The summed E-state index contributed by atoms with van der Waals surface area (Å²) in [4.78, 5) is 0. The zero-order valence-corrected chi connectivity index (χ0v) is 20.0. The van der Waals surface area contributed by atoms with Crippen LogP contribution in [-0.2, 0) is 14.9 Å². The minimum absolute atomic E-state index is 0.0935. The molecule has 0 aliphatic heterocycles. The number of rotatable bonds is 8. The summed E-state index contributed by atoms with van der Waals surface area (Å²) in [5.74, 6) is 3.27. The number of phenols is 1. The first-order chi connectivity index (χ1) is 16.6. The number of ether oxygens (including phenoxy) is 3. The van der Waals surface area contributed by atoms with Crippen LogP contribution in [0, 0.1) is 17.8 Å². The molecular weight excluding hydrogens is 424 g/mol. The van der Waals surface area contributed by atoms with Crippen LogP contribution in [0.1, 0.15) is 44.1 Å². The molecule has 0 amide bonds. The average molecular weight is 459 g/mol. The monoisotopic (exact) mass is 458 g/mol. The maximum atomic E-state index is 11.4. The molecule has 4 heteroatoms. The van der Waals surface area contributed by atoms with E-state index in [-0.39, 0.29) is 18.0 Å². The van der Waals surface area contributed by atoms with E-state index in [4.69, 9.17) is 14.2 Å². The summed E-state index contributed by atoms with van der Waals surface area (Å²) in [5.41, 5.74) is 3.44. The first-order valence-electron chi connectivity index (χ1n) is 12.7. The Morgan fingerprint density at radius 2 is 1.56 bits per heavy atom. The number of phenolic OH excluding ortho intramolecular Hbond substituents is 1. The van der Waals surface area contributed by atoms with Crippen molar-refractivity contribution in [2.24, 2.45) is 17.8 Å². The Bertz CT molecular complexity index is 1140. The summed E-state index contributed by atoms with van der Waals surface area (Å²) >= 11 is 0. The highest BCUT2D eigenvalue weighted by Gasteiger charge is 2.51. The van der Waals surface area contributed by atoms with Gasteiger partial charge in [-0.3, -0.25) is 0 Å². The van der Waals surface area contributed by atoms with Gasteiger partial charge in [0.15, 0.2) is 18.3 Å². The van der Waals surface area contributed by atoms with Crippen LogP contribution in [0.2, 0.25) is 0 Å². The number of hydrogen-bond donors (Lipinski definition) is 1. The van der Waals surface area contributed by atoms with Crippen LogP contribution >= 0.6 is 0 Å². The highest BCUT2D eigenvalue weighted by atomic mass is 16.7. The third kappa shape index (κ3) is 3.87. The van der Waals surface area contributed by atoms with Gasteiger partial charge in [0.25, 0.3) is 0 Å². The minimum Gasteiger partial charge on any atom is -0.504 e. The maximum Gasteiger partial charge on any atom is 0.189 e. The third-order valence-electron chi connectivity index (χ3n) is 8.53. The van der Waals surface area contributed by atoms with Gasteiger partial charge in [0.2, 0.25) is 0 Å². The van der Waals surface area contributed by atoms with Crippen molar-refractivity contribution in [3.8, 4) is 22.6 Å². The van der Waals surface area contributed by atoms with Crippen LogP contribution in [0.25, 0.3) is 21.9 Å². The number of methoxy groups -OCH3 is 1. The maximum absolute atomic E-state index is 11.4. The van der Waals surface area contributed by atoms with Gasteiger partial charge >= 0.3 is 0 Å². The Kier molecular flexibility index (Phi) is 5.74. The highest BCUT2D eigenvalue weighted by Crippen LogP contribution is 2.61. The van der Waals surface area contributed by atoms with Crippen LogP contribution in [0.4, 0.5) is 0 Å². The van der Waals surface area contributed by atoms with Crippen molar-refractivity contribution in [3.63, 3.8) is 0 Å². The molecule has 0 aromatic heterocycles. The summed E-state index contributed by atoms with van der Waals surface area (Å²) in [7, 11) is 1.65. The van der Waals surface area contributed by atoms with Gasteiger partial charge in [-0.1, -0.05) is 42.5 Å². The second kappa shape index (κ2) is 8.90. The van der Waals surface area contributed by atoms with Gasteiger partial charge in [-0.2, -0.15) is 0 Å². The van der Waals surface area contributed by atoms with Crippen molar-refractivity contribution in [2.45, 2.75) is 43.9 Å². The summed E-state index contributed by atoms with van der Waals surface area (Å²) in [6.07, 6.45) is 8.02. The first kappa shape index (κ1) is 21.9. The van der Waals surface area contributed by atoms with Crippen molar-refractivity contribution in [1.29, 1.82) is 0 Å². The van der Waals surface area contributed by atoms with Crippen LogP contribution < -0.4 is 4.74 Å². The Morgan fingerprint density at radius 1 is 0.853 bits per heavy atom. The molecule has 3 aromatic carbocycles. The molecule has 0 radical (unpaired) electrons. The molecule has 4 aliphatic carbocycles. The van der Waals surface area contributed by atoms with E-state index in [9.17, 15) is 5.11 Å². The van der Waals surface area contributed by atoms with E-state index >= 15 is 0 Å². The molecule has 4 bridgehead atoms. The fourth-order valence-electron chi connectivity index (χ4n) is 7.46. The number of aromatic hydroxyl groups is 1. The SMILES string of the molecule is COCCOCOc1cc(C23CC4CC(CC(C4)C2)C3)cc(-c2cccc3ccccc23)c1O. The second-order valence-corrected chi connectivity index (χ2v) is 10.8. The molecule has 0 heterocycles. The Balaban J connectivity index is 1.44. The smallest absolute Gasteiger partial charge is 0.189 e. The fraction of sp³-hybridized carbons (Fsp3) is 0.467. The zero-order valence-electron chi connectivity index (χ0n) is 20.0. The lowest BCUT2D eigenvalue weighted by molar-refractivity contribution is -0.0114. The Labute approximate surface area is 201 Å². The van der Waals surface area contributed by atoms with Crippen molar-refractivity contribution in [2.75, 3.05) is 27.1 Å². The molecule has 1 N–H and O–H groups in total. The largest absolute Gasteiger partial charge is 0.504 e. The van der Waals surface area contributed by atoms with Gasteiger partial charge in [-0.15, -0.1) is 0 Å². The van der Waals surface area contributed by atoms with Crippen LogP contribution in [0.5, 0.6) is 11.5 Å². The van der Waals surface area contributed by atoms with Gasteiger partial charge in [0, 0.05) is 12.7 Å². The summed E-state index contributed by atoms with van der Waals surface area (Å²) in [5, 5.41) is 13.7. The standard InChI is InChI=1S/C30H34O4/c1-32-9-10-33-19-34-28-15-24(30-16-20-11-21(17-30)13-22(12-20)18-30)14-27(29(28)31)26-8-4-6-23-5-2-3-7-25(23)26/h2-8,14-15,20-22,31H,9-13,16-19H2,1H3. The first-order valence-corrected chi connectivity index (χ1v) is 12.7. The molecular formula is C30H34O4. The normalized spacial score (nSPS) is 27.4. The number of fused-ring (bicyclic) bond motifs is 1. The molecule has 178 valence electrons. The lowest BCUT2D eigenvalue weighted by Gasteiger charge is -2.57. The fourth-order valence-corrected chi connectivity index (χ4v) is 7.46. The topological polar surface area (TPSA) is 47.9 Å². The third-order valence-corrected chi connectivity index (χ3v) is 8.53. The summed E-state index contributed by atoms with van der Waals surface area (Å²) < 4.78 is 16.7. The molecule has 0 atom stereocenters. The van der Waals surface area contributed by atoms with Crippen LogP contribution in [0.15, 0.2) is 54.6 Å². The predicted octanol–water partition coefficient (Wildman–Crippen LogP) is 6.68. The Morgan fingerprint density at radius 3 is 2.29 bits per heavy atom. The quantitative estimate of drug-likeness (QED) is 0.302. The van der Waals surface area contributed by atoms with Gasteiger partial charge in [-0.05, 0) is 95.7 Å². The van der Waals surface area contributed by atoms with E-state index in [1.54, 1.807) is 7.11 Å². The molecule has 0 spiro atoms.